The van der Waals surface area contributed by atoms with E-state index in [1.807, 2.05) is 6.07 Å². The molecule has 0 fully saturated rings. The van der Waals surface area contributed by atoms with Crippen LogP contribution in [-0.4, -0.2) is 20.3 Å². The van der Waals surface area contributed by atoms with Crippen LogP contribution in [0.5, 0.6) is 5.75 Å². The van der Waals surface area contributed by atoms with Crippen molar-refractivity contribution in [2.24, 2.45) is 0 Å². The van der Waals surface area contributed by atoms with Crippen LogP contribution >= 0.6 is 7.60 Å². The molecule has 0 amide bonds. The summed E-state index contributed by atoms with van der Waals surface area (Å²) in [7, 11) is -2.00. The Hall–Kier alpha value is -1.60. The maximum atomic E-state index is 12.9. The molecule has 5 nitrogen and oxygen atoms in total. The second kappa shape index (κ2) is 7.86. The Bertz CT molecular complexity index is 553. The van der Waals surface area contributed by atoms with Gasteiger partial charge < -0.3 is 13.8 Å². The maximum Gasteiger partial charge on any atom is 0.365 e. The first-order valence-electron chi connectivity index (χ1n) is 6.25. The highest BCUT2D eigenvalue weighted by molar-refractivity contribution is 7.62. The third kappa shape index (κ3) is 3.71. The standard InChI is InChI=1S/C14H18NO4P/c1-4-18-20(16,19-5-2)14-12(9-7-11-15)8-6-10-13(14)17-3/h6-10H,4-5H2,1-3H3/b9-7+. The molecule has 0 heterocycles. The highest BCUT2D eigenvalue weighted by Gasteiger charge is 2.32. The quantitative estimate of drug-likeness (QED) is 0.571. The molecule has 0 atom stereocenters. The highest BCUT2D eigenvalue weighted by atomic mass is 31.2. The molecule has 1 rings (SSSR count). The zero-order valence-corrected chi connectivity index (χ0v) is 12.7. The van der Waals surface area contributed by atoms with Gasteiger partial charge in [0.05, 0.1) is 26.4 Å². The van der Waals surface area contributed by atoms with Gasteiger partial charge >= 0.3 is 7.60 Å². The van der Waals surface area contributed by atoms with E-state index < -0.39 is 7.60 Å². The minimum atomic E-state index is -3.49. The lowest BCUT2D eigenvalue weighted by atomic mass is 10.2. The summed E-state index contributed by atoms with van der Waals surface area (Å²) in [6.07, 6.45) is 2.86. The fourth-order valence-electron chi connectivity index (χ4n) is 1.76. The van der Waals surface area contributed by atoms with Gasteiger partial charge in [0.25, 0.3) is 0 Å². The van der Waals surface area contributed by atoms with Crippen LogP contribution in [0.25, 0.3) is 6.08 Å². The van der Waals surface area contributed by atoms with E-state index in [0.717, 1.165) is 0 Å². The number of nitrogens with zero attached hydrogens (tertiary/aromatic N) is 1. The summed E-state index contributed by atoms with van der Waals surface area (Å²) in [4.78, 5) is 0. The molecular formula is C14H18NO4P. The summed E-state index contributed by atoms with van der Waals surface area (Å²) in [6, 6.07) is 7.07. The third-order valence-electron chi connectivity index (χ3n) is 2.46. The molecule has 0 aliphatic heterocycles. The molecule has 0 aromatic heterocycles. The number of allylic oxidation sites excluding steroid dienone is 1. The molecule has 0 aliphatic carbocycles. The van der Waals surface area contributed by atoms with Crippen molar-refractivity contribution >= 4 is 19.0 Å². The summed E-state index contributed by atoms with van der Waals surface area (Å²) in [5.41, 5.74) is 0.580. The van der Waals surface area contributed by atoms with E-state index in [2.05, 4.69) is 0 Å². The Labute approximate surface area is 119 Å². The van der Waals surface area contributed by atoms with Gasteiger partial charge in [-0.25, -0.2) is 0 Å². The van der Waals surface area contributed by atoms with Crippen molar-refractivity contribution in [1.82, 2.24) is 0 Å². The summed E-state index contributed by atoms with van der Waals surface area (Å²) in [6.45, 7) is 3.98. The number of benzene rings is 1. The van der Waals surface area contributed by atoms with Gasteiger partial charge in [-0.2, -0.15) is 5.26 Å². The second-order valence-electron chi connectivity index (χ2n) is 3.69. The van der Waals surface area contributed by atoms with Gasteiger partial charge in [0, 0.05) is 6.08 Å². The molecule has 0 unspecified atom stereocenters. The lowest BCUT2D eigenvalue weighted by Crippen LogP contribution is -2.16. The number of nitriles is 1. The van der Waals surface area contributed by atoms with Crippen molar-refractivity contribution in [1.29, 1.82) is 5.26 Å². The first-order valence-corrected chi connectivity index (χ1v) is 7.80. The predicted molar refractivity (Wildman–Crippen MR) is 78.1 cm³/mol. The fourth-order valence-corrected chi connectivity index (χ4v) is 3.68. The smallest absolute Gasteiger partial charge is 0.365 e. The molecule has 0 radical (unpaired) electrons. The van der Waals surface area contributed by atoms with Crippen molar-refractivity contribution in [3.05, 3.63) is 29.8 Å². The molecule has 0 bridgehead atoms. The Kier molecular flexibility index (Phi) is 6.47. The Balaban J connectivity index is 3.48. The number of methoxy groups -OCH3 is 1. The molecule has 0 N–H and O–H groups in total. The van der Waals surface area contributed by atoms with Gasteiger partial charge in [0.2, 0.25) is 0 Å². The number of rotatable bonds is 7. The van der Waals surface area contributed by atoms with Crippen LogP contribution in [-0.2, 0) is 13.6 Å². The molecule has 6 heteroatoms. The van der Waals surface area contributed by atoms with E-state index in [1.54, 1.807) is 38.1 Å². The minimum absolute atomic E-state index is 0.247. The zero-order valence-electron chi connectivity index (χ0n) is 11.8. The van der Waals surface area contributed by atoms with Gasteiger partial charge in [0.15, 0.2) is 0 Å². The molecule has 0 saturated carbocycles. The maximum absolute atomic E-state index is 12.9. The van der Waals surface area contributed by atoms with Crippen molar-refractivity contribution in [3.63, 3.8) is 0 Å². The number of hydrogen-bond donors (Lipinski definition) is 0. The fraction of sp³-hybridized carbons (Fsp3) is 0.357. The van der Waals surface area contributed by atoms with Crippen LogP contribution in [0.2, 0.25) is 0 Å². The summed E-state index contributed by atoms with van der Waals surface area (Å²) in [5, 5.41) is 9.00. The zero-order chi connectivity index (χ0) is 15.0. The molecule has 1 aromatic carbocycles. The molecule has 108 valence electrons. The molecule has 1 aromatic rings. The van der Waals surface area contributed by atoms with Crippen LogP contribution in [0.4, 0.5) is 0 Å². The first kappa shape index (κ1) is 16.5. The van der Waals surface area contributed by atoms with E-state index in [4.69, 9.17) is 19.0 Å². The van der Waals surface area contributed by atoms with E-state index >= 15 is 0 Å². The molecule has 0 spiro atoms. The van der Waals surface area contributed by atoms with Crippen LogP contribution in [0, 0.1) is 11.3 Å². The molecule has 0 aliphatic rings. The third-order valence-corrected chi connectivity index (χ3v) is 4.68. The molecule has 0 saturated heterocycles. The van der Waals surface area contributed by atoms with E-state index in [0.29, 0.717) is 16.6 Å². The lowest BCUT2D eigenvalue weighted by molar-refractivity contribution is 0.229. The second-order valence-corrected chi connectivity index (χ2v) is 5.65. The monoisotopic (exact) mass is 295 g/mol. The van der Waals surface area contributed by atoms with Gasteiger partial charge in [0.1, 0.15) is 11.1 Å². The summed E-state index contributed by atoms with van der Waals surface area (Å²) < 4.78 is 28.9. The average Bonchev–Trinajstić information content (AvgIpc) is 2.45. The topological polar surface area (TPSA) is 68.5 Å². The van der Waals surface area contributed by atoms with Gasteiger partial charge in [-0.05, 0) is 31.6 Å². The van der Waals surface area contributed by atoms with Crippen LogP contribution in [0.15, 0.2) is 24.3 Å². The summed E-state index contributed by atoms with van der Waals surface area (Å²) >= 11 is 0. The Morgan fingerprint density at radius 3 is 2.45 bits per heavy atom. The van der Waals surface area contributed by atoms with Gasteiger partial charge in [-0.1, -0.05) is 12.1 Å². The SMILES string of the molecule is CCOP(=O)(OCC)c1c(/C=C/C#N)cccc1OC. The average molecular weight is 295 g/mol. The van der Waals surface area contributed by atoms with E-state index in [9.17, 15) is 4.57 Å². The van der Waals surface area contributed by atoms with E-state index in [1.165, 1.54) is 13.2 Å². The number of ether oxygens (including phenoxy) is 1. The highest BCUT2D eigenvalue weighted by Crippen LogP contribution is 2.50. The molecule has 20 heavy (non-hydrogen) atoms. The van der Waals surface area contributed by atoms with Gasteiger partial charge in [-0.3, -0.25) is 4.57 Å². The lowest BCUT2D eigenvalue weighted by Gasteiger charge is -2.21. The first-order chi connectivity index (χ1) is 9.62. The molecular weight excluding hydrogens is 277 g/mol. The van der Waals surface area contributed by atoms with Crippen LogP contribution < -0.4 is 10.0 Å². The predicted octanol–water partition coefficient (Wildman–Crippen LogP) is 3.12. The Morgan fingerprint density at radius 2 is 1.95 bits per heavy atom. The van der Waals surface area contributed by atoms with Crippen molar-refractivity contribution in [3.8, 4) is 11.8 Å². The normalized spacial score (nSPS) is 11.5. The largest absolute Gasteiger partial charge is 0.496 e. The number of hydrogen-bond acceptors (Lipinski definition) is 5. The Morgan fingerprint density at radius 1 is 1.30 bits per heavy atom. The van der Waals surface area contributed by atoms with Crippen LogP contribution in [0.1, 0.15) is 19.4 Å². The minimum Gasteiger partial charge on any atom is -0.496 e. The van der Waals surface area contributed by atoms with Crippen LogP contribution in [0.3, 0.4) is 0 Å². The summed E-state index contributed by atoms with van der Waals surface area (Å²) in [5.74, 6) is 0.412. The van der Waals surface area contributed by atoms with Crippen molar-refractivity contribution in [2.75, 3.05) is 20.3 Å². The van der Waals surface area contributed by atoms with Crippen molar-refractivity contribution < 1.29 is 18.3 Å². The van der Waals surface area contributed by atoms with Crippen molar-refractivity contribution in [2.45, 2.75) is 13.8 Å². The van der Waals surface area contributed by atoms with Gasteiger partial charge in [-0.15, -0.1) is 0 Å². The van der Waals surface area contributed by atoms with E-state index in [-0.39, 0.29) is 13.2 Å².